The van der Waals surface area contributed by atoms with Crippen LogP contribution >= 0.6 is 0 Å². The lowest BCUT2D eigenvalue weighted by molar-refractivity contribution is 0.232. The van der Waals surface area contributed by atoms with E-state index >= 15 is 0 Å². The molecule has 0 saturated heterocycles. The van der Waals surface area contributed by atoms with Crippen molar-refractivity contribution in [1.29, 1.82) is 0 Å². The maximum atomic E-state index is 12.0. The maximum absolute atomic E-state index is 12.0. The van der Waals surface area contributed by atoms with Gasteiger partial charge in [0.25, 0.3) is 0 Å². The van der Waals surface area contributed by atoms with Crippen LogP contribution in [0.3, 0.4) is 0 Å². The number of aromatic nitrogens is 2. The predicted molar refractivity (Wildman–Crippen MR) is 70.8 cm³/mol. The highest BCUT2D eigenvalue weighted by Gasteiger charge is 2.18. The van der Waals surface area contributed by atoms with Crippen LogP contribution in [0.1, 0.15) is 20.8 Å². The molecule has 0 aliphatic heterocycles. The third-order valence-corrected chi connectivity index (χ3v) is 4.37. The summed E-state index contributed by atoms with van der Waals surface area (Å²) in [5, 5.41) is 3.86. The van der Waals surface area contributed by atoms with Crippen molar-refractivity contribution in [1.82, 2.24) is 19.4 Å². The summed E-state index contributed by atoms with van der Waals surface area (Å²) in [4.78, 5) is 2.41. The van der Waals surface area contributed by atoms with Gasteiger partial charge in [-0.05, 0) is 20.0 Å². The Hall–Kier alpha value is -0.920. The quantitative estimate of drug-likeness (QED) is 0.783. The van der Waals surface area contributed by atoms with Gasteiger partial charge in [0, 0.05) is 25.8 Å². The number of aryl methyl sites for hydroxylation is 1. The molecule has 0 radical (unpaired) electrons. The fraction of sp³-hybridized carbons (Fsp3) is 0.727. The van der Waals surface area contributed by atoms with Crippen LogP contribution in [0.2, 0.25) is 0 Å². The summed E-state index contributed by atoms with van der Waals surface area (Å²) in [7, 11) is -1.75. The van der Waals surface area contributed by atoms with Crippen molar-refractivity contribution >= 4 is 10.0 Å². The minimum absolute atomic E-state index is 0.173. The van der Waals surface area contributed by atoms with Crippen molar-refractivity contribution in [3.05, 3.63) is 12.4 Å². The van der Waals surface area contributed by atoms with E-state index in [0.717, 1.165) is 13.1 Å². The van der Waals surface area contributed by atoms with Crippen LogP contribution < -0.4 is 4.72 Å². The molecule has 0 aliphatic carbocycles. The third-order valence-electron chi connectivity index (χ3n) is 3.00. The van der Waals surface area contributed by atoms with Gasteiger partial charge in [-0.1, -0.05) is 13.8 Å². The molecule has 1 unspecified atom stereocenters. The van der Waals surface area contributed by atoms with Gasteiger partial charge in [0.15, 0.2) is 0 Å². The SMILES string of the molecule is CCN(CC)C(C)CNS(=O)(=O)c1cnn(C)c1. The Labute approximate surface area is 109 Å². The molecule has 1 aromatic rings. The second-order valence-electron chi connectivity index (χ2n) is 4.27. The molecule has 1 rings (SSSR count). The highest BCUT2D eigenvalue weighted by molar-refractivity contribution is 7.89. The third kappa shape index (κ3) is 3.79. The Morgan fingerprint density at radius 3 is 2.50 bits per heavy atom. The second-order valence-corrected chi connectivity index (χ2v) is 6.04. The summed E-state index contributed by atoms with van der Waals surface area (Å²) in [6.45, 7) is 8.36. The Bertz CT molecular complexity index is 465. The Balaban J connectivity index is 2.62. The van der Waals surface area contributed by atoms with Crippen LogP contribution in [0.15, 0.2) is 17.3 Å². The van der Waals surface area contributed by atoms with E-state index < -0.39 is 10.0 Å². The highest BCUT2D eigenvalue weighted by atomic mass is 32.2. The van der Waals surface area contributed by atoms with Gasteiger partial charge in [0.2, 0.25) is 10.0 Å². The van der Waals surface area contributed by atoms with Crippen molar-refractivity contribution in [2.75, 3.05) is 19.6 Å². The van der Waals surface area contributed by atoms with Gasteiger partial charge in [-0.15, -0.1) is 0 Å². The van der Waals surface area contributed by atoms with E-state index in [9.17, 15) is 8.42 Å². The molecule has 104 valence electrons. The summed E-state index contributed by atoms with van der Waals surface area (Å²) < 4.78 is 28.0. The molecule has 18 heavy (non-hydrogen) atoms. The molecular weight excluding hydrogens is 252 g/mol. The van der Waals surface area contributed by atoms with E-state index in [1.165, 1.54) is 17.1 Å². The molecule has 0 bridgehead atoms. The molecule has 1 heterocycles. The summed E-state index contributed by atoms with van der Waals surface area (Å²) in [5.41, 5.74) is 0. The van der Waals surface area contributed by atoms with Gasteiger partial charge in [-0.2, -0.15) is 5.10 Å². The van der Waals surface area contributed by atoms with Crippen LogP contribution in [0.4, 0.5) is 0 Å². The normalized spacial score (nSPS) is 14.1. The lowest BCUT2D eigenvalue weighted by Gasteiger charge is -2.26. The van der Waals surface area contributed by atoms with Gasteiger partial charge in [0.05, 0.1) is 6.20 Å². The summed E-state index contributed by atoms with van der Waals surface area (Å²) in [5.74, 6) is 0. The van der Waals surface area contributed by atoms with E-state index in [1.807, 2.05) is 6.92 Å². The highest BCUT2D eigenvalue weighted by Crippen LogP contribution is 2.06. The Kier molecular flexibility index (Phi) is 5.30. The number of likely N-dealkylation sites (N-methyl/N-ethyl adjacent to an activating group) is 1. The first-order valence-corrected chi connectivity index (χ1v) is 7.61. The number of hydrogen-bond acceptors (Lipinski definition) is 4. The van der Waals surface area contributed by atoms with Gasteiger partial charge >= 0.3 is 0 Å². The zero-order valence-corrected chi connectivity index (χ0v) is 12.2. The molecule has 0 fully saturated rings. The first-order valence-electron chi connectivity index (χ1n) is 6.13. The number of nitrogens with zero attached hydrogens (tertiary/aromatic N) is 3. The van der Waals surface area contributed by atoms with Crippen LogP contribution in [0.5, 0.6) is 0 Å². The molecule has 0 aromatic carbocycles. The van der Waals surface area contributed by atoms with E-state index in [-0.39, 0.29) is 10.9 Å². The standard InChI is InChI=1S/C11H22N4O2S/c1-5-15(6-2)10(3)7-13-18(16,17)11-8-12-14(4)9-11/h8-10,13H,5-7H2,1-4H3. The van der Waals surface area contributed by atoms with Gasteiger partial charge in [0.1, 0.15) is 4.90 Å². The smallest absolute Gasteiger partial charge is 0.243 e. The number of hydrogen-bond donors (Lipinski definition) is 1. The second kappa shape index (κ2) is 6.31. The minimum Gasteiger partial charge on any atom is -0.300 e. The molecule has 0 amide bonds. The van der Waals surface area contributed by atoms with E-state index in [1.54, 1.807) is 7.05 Å². The molecule has 1 atom stereocenters. The average Bonchev–Trinajstić information content (AvgIpc) is 2.76. The topological polar surface area (TPSA) is 67.2 Å². The summed E-state index contributed by atoms with van der Waals surface area (Å²) in [6, 6.07) is 0.173. The first kappa shape index (κ1) is 15.1. The predicted octanol–water partition coefficient (Wildman–Crippen LogP) is 0.429. The van der Waals surface area contributed by atoms with Crippen molar-refractivity contribution < 1.29 is 8.42 Å². The zero-order valence-electron chi connectivity index (χ0n) is 11.4. The van der Waals surface area contributed by atoms with Crippen LogP contribution in [0, 0.1) is 0 Å². The molecule has 0 aliphatic rings. The van der Waals surface area contributed by atoms with Crippen molar-refractivity contribution in [3.63, 3.8) is 0 Å². The Morgan fingerprint density at radius 2 is 2.06 bits per heavy atom. The van der Waals surface area contributed by atoms with Crippen molar-refractivity contribution in [2.24, 2.45) is 7.05 Å². The lowest BCUT2D eigenvalue weighted by atomic mass is 10.3. The van der Waals surface area contributed by atoms with E-state index in [2.05, 4.69) is 28.6 Å². The van der Waals surface area contributed by atoms with Gasteiger partial charge in [-0.25, -0.2) is 13.1 Å². The van der Waals surface area contributed by atoms with Crippen LogP contribution in [0.25, 0.3) is 0 Å². The molecule has 0 saturated carbocycles. The average molecular weight is 274 g/mol. The van der Waals surface area contributed by atoms with E-state index in [4.69, 9.17) is 0 Å². The molecular formula is C11H22N4O2S. The van der Waals surface area contributed by atoms with Crippen molar-refractivity contribution in [3.8, 4) is 0 Å². The first-order chi connectivity index (χ1) is 8.40. The van der Waals surface area contributed by atoms with Crippen LogP contribution in [-0.4, -0.2) is 48.8 Å². The lowest BCUT2D eigenvalue weighted by Crippen LogP contribution is -2.41. The number of rotatable bonds is 7. The monoisotopic (exact) mass is 274 g/mol. The zero-order chi connectivity index (χ0) is 13.8. The molecule has 7 heteroatoms. The summed E-state index contributed by atoms with van der Waals surface area (Å²) >= 11 is 0. The van der Waals surface area contributed by atoms with Crippen LogP contribution in [-0.2, 0) is 17.1 Å². The minimum atomic E-state index is -3.44. The van der Waals surface area contributed by atoms with Gasteiger partial charge < -0.3 is 0 Å². The summed E-state index contributed by atoms with van der Waals surface area (Å²) in [6.07, 6.45) is 2.84. The Morgan fingerprint density at radius 1 is 1.44 bits per heavy atom. The van der Waals surface area contributed by atoms with Gasteiger partial charge in [-0.3, -0.25) is 9.58 Å². The maximum Gasteiger partial charge on any atom is 0.243 e. The van der Waals surface area contributed by atoms with E-state index in [0.29, 0.717) is 6.54 Å². The molecule has 0 spiro atoms. The van der Waals surface area contributed by atoms with Crippen molar-refractivity contribution in [2.45, 2.75) is 31.7 Å². The number of nitrogens with one attached hydrogen (secondary N) is 1. The molecule has 1 aromatic heterocycles. The largest absolute Gasteiger partial charge is 0.300 e. The molecule has 6 nitrogen and oxygen atoms in total. The fourth-order valence-corrected chi connectivity index (χ4v) is 2.93. The molecule has 1 N–H and O–H groups in total. The fourth-order valence-electron chi connectivity index (χ4n) is 1.83. The number of sulfonamides is 1.